The predicted octanol–water partition coefficient (Wildman–Crippen LogP) is 4.13. The van der Waals surface area contributed by atoms with Crippen LogP contribution in [-0.4, -0.2) is 6.03 Å². The third-order valence-electron chi connectivity index (χ3n) is 3.56. The number of benzene rings is 2. The van der Waals surface area contributed by atoms with E-state index in [9.17, 15) is 4.79 Å². The molecule has 2 aromatic rings. The first-order valence-corrected chi connectivity index (χ1v) is 7.12. The number of urea groups is 1. The Balaban J connectivity index is 2.10. The molecule has 1 unspecified atom stereocenters. The maximum absolute atomic E-state index is 11.8. The predicted molar refractivity (Wildman–Crippen MR) is 84.9 cm³/mol. The quantitative estimate of drug-likeness (QED) is 0.860. The largest absolute Gasteiger partial charge is 0.327 e. The second-order valence-corrected chi connectivity index (χ2v) is 5.42. The molecule has 1 aliphatic heterocycles. The summed E-state index contributed by atoms with van der Waals surface area (Å²) < 4.78 is 0. The van der Waals surface area contributed by atoms with Gasteiger partial charge in [-0.3, -0.25) is 0 Å². The summed E-state index contributed by atoms with van der Waals surface area (Å²) in [6, 6.07) is 17.2. The number of carbonyl (C=O) groups excluding carboxylic acids is 1. The molecule has 0 bridgehead atoms. The Labute approximate surface area is 128 Å². The topological polar surface area (TPSA) is 41.1 Å². The highest BCUT2D eigenvalue weighted by molar-refractivity contribution is 6.30. The van der Waals surface area contributed by atoms with Crippen molar-refractivity contribution in [2.45, 2.75) is 13.0 Å². The van der Waals surface area contributed by atoms with E-state index < -0.39 is 0 Å². The number of rotatable bonds is 2. The average Bonchev–Trinajstić information content (AvgIpc) is 2.48. The first-order valence-electron chi connectivity index (χ1n) is 6.74. The standard InChI is InChI=1S/C17H15ClN2O/c1-11-15(12-5-3-2-4-6-12)16(20-17(21)19-11)13-7-9-14(18)10-8-13/h2-10,16H,1H3,(H2,19,20,21). The molecule has 3 rings (SSSR count). The number of hydrogen-bond donors (Lipinski definition) is 2. The Morgan fingerprint density at radius 2 is 1.67 bits per heavy atom. The lowest BCUT2D eigenvalue weighted by molar-refractivity contribution is 0.240. The minimum Gasteiger partial charge on any atom is -0.327 e. The minimum atomic E-state index is -0.188. The summed E-state index contributed by atoms with van der Waals surface area (Å²) in [6.07, 6.45) is 0. The SMILES string of the molecule is CC1=C(c2ccccc2)C(c2ccc(Cl)cc2)NC(=O)N1. The van der Waals surface area contributed by atoms with Crippen LogP contribution in [0.25, 0.3) is 5.57 Å². The van der Waals surface area contributed by atoms with Crippen LogP contribution in [0.4, 0.5) is 4.79 Å². The third-order valence-corrected chi connectivity index (χ3v) is 3.81. The first-order chi connectivity index (χ1) is 10.1. The van der Waals surface area contributed by atoms with Crippen molar-refractivity contribution in [3.63, 3.8) is 0 Å². The maximum Gasteiger partial charge on any atom is 0.319 e. The summed E-state index contributed by atoms with van der Waals surface area (Å²) >= 11 is 5.95. The van der Waals surface area contributed by atoms with Crippen LogP contribution in [0.3, 0.4) is 0 Å². The zero-order valence-electron chi connectivity index (χ0n) is 11.6. The molecule has 2 aromatic carbocycles. The highest BCUT2D eigenvalue weighted by Crippen LogP contribution is 2.34. The molecule has 0 aromatic heterocycles. The number of allylic oxidation sites excluding steroid dienone is 1. The average molecular weight is 299 g/mol. The van der Waals surface area contributed by atoms with Crippen molar-refractivity contribution in [3.05, 3.63) is 76.4 Å². The molecular formula is C17H15ClN2O. The molecule has 21 heavy (non-hydrogen) atoms. The van der Waals surface area contributed by atoms with Crippen molar-refractivity contribution in [1.82, 2.24) is 10.6 Å². The smallest absolute Gasteiger partial charge is 0.319 e. The highest BCUT2D eigenvalue weighted by atomic mass is 35.5. The Bertz CT molecular complexity index is 692. The Hall–Kier alpha value is -2.26. The molecule has 0 aliphatic carbocycles. The van der Waals surface area contributed by atoms with Crippen molar-refractivity contribution in [1.29, 1.82) is 0 Å². The van der Waals surface area contributed by atoms with Gasteiger partial charge in [-0.2, -0.15) is 0 Å². The second-order valence-electron chi connectivity index (χ2n) is 4.99. The van der Waals surface area contributed by atoms with Gasteiger partial charge in [0.25, 0.3) is 0 Å². The van der Waals surface area contributed by atoms with Gasteiger partial charge in [-0.1, -0.05) is 54.1 Å². The summed E-state index contributed by atoms with van der Waals surface area (Å²) in [4.78, 5) is 11.8. The number of carbonyl (C=O) groups is 1. The van der Waals surface area contributed by atoms with Gasteiger partial charge in [0.1, 0.15) is 0 Å². The molecule has 0 fully saturated rings. The van der Waals surface area contributed by atoms with Crippen LogP contribution in [0.15, 0.2) is 60.3 Å². The minimum absolute atomic E-state index is 0.182. The molecule has 0 radical (unpaired) electrons. The molecule has 1 heterocycles. The molecule has 0 saturated heterocycles. The molecular weight excluding hydrogens is 284 g/mol. The van der Waals surface area contributed by atoms with Crippen LogP contribution < -0.4 is 10.6 Å². The molecule has 0 saturated carbocycles. The van der Waals surface area contributed by atoms with E-state index in [1.54, 1.807) is 0 Å². The van der Waals surface area contributed by atoms with Crippen LogP contribution in [0.2, 0.25) is 5.02 Å². The molecule has 2 amide bonds. The summed E-state index contributed by atoms with van der Waals surface area (Å²) in [7, 11) is 0. The van der Waals surface area contributed by atoms with Crippen LogP contribution in [0.5, 0.6) is 0 Å². The number of hydrogen-bond acceptors (Lipinski definition) is 1. The molecule has 3 nitrogen and oxygen atoms in total. The first kappa shape index (κ1) is 13.7. The van der Waals surface area contributed by atoms with E-state index in [1.165, 1.54) is 0 Å². The van der Waals surface area contributed by atoms with Gasteiger partial charge in [-0.05, 0) is 30.2 Å². The second kappa shape index (κ2) is 5.62. The monoisotopic (exact) mass is 298 g/mol. The van der Waals surface area contributed by atoms with E-state index in [0.29, 0.717) is 5.02 Å². The van der Waals surface area contributed by atoms with E-state index in [1.807, 2.05) is 61.5 Å². The van der Waals surface area contributed by atoms with Crippen molar-refractivity contribution in [3.8, 4) is 0 Å². The normalized spacial score (nSPS) is 18.2. The Morgan fingerprint density at radius 1 is 1.00 bits per heavy atom. The van der Waals surface area contributed by atoms with Gasteiger partial charge < -0.3 is 10.6 Å². The van der Waals surface area contributed by atoms with Gasteiger partial charge >= 0.3 is 6.03 Å². The Morgan fingerprint density at radius 3 is 2.33 bits per heavy atom. The van der Waals surface area contributed by atoms with Gasteiger partial charge in [0.2, 0.25) is 0 Å². The lowest BCUT2D eigenvalue weighted by atomic mass is 9.90. The molecule has 4 heteroatoms. The molecule has 1 aliphatic rings. The van der Waals surface area contributed by atoms with Gasteiger partial charge in [0, 0.05) is 16.3 Å². The van der Waals surface area contributed by atoms with Crippen molar-refractivity contribution < 1.29 is 4.79 Å². The molecule has 0 spiro atoms. The Kier molecular flexibility index (Phi) is 3.67. The van der Waals surface area contributed by atoms with Crippen LogP contribution >= 0.6 is 11.6 Å². The van der Waals surface area contributed by atoms with E-state index in [2.05, 4.69) is 10.6 Å². The van der Waals surface area contributed by atoms with Gasteiger partial charge in [-0.25, -0.2) is 4.79 Å². The molecule has 2 N–H and O–H groups in total. The van der Waals surface area contributed by atoms with Crippen molar-refractivity contribution in [2.75, 3.05) is 0 Å². The van der Waals surface area contributed by atoms with E-state index in [-0.39, 0.29) is 12.1 Å². The van der Waals surface area contributed by atoms with Gasteiger partial charge in [-0.15, -0.1) is 0 Å². The fraction of sp³-hybridized carbons (Fsp3) is 0.118. The fourth-order valence-corrected chi connectivity index (χ4v) is 2.73. The van der Waals surface area contributed by atoms with Gasteiger partial charge in [0.15, 0.2) is 0 Å². The summed E-state index contributed by atoms with van der Waals surface area (Å²) in [5, 5.41) is 6.50. The highest BCUT2D eigenvalue weighted by Gasteiger charge is 2.27. The third kappa shape index (κ3) is 2.78. The lowest BCUT2D eigenvalue weighted by Gasteiger charge is -2.29. The van der Waals surface area contributed by atoms with Crippen molar-refractivity contribution in [2.24, 2.45) is 0 Å². The lowest BCUT2D eigenvalue weighted by Crippen LogP contribution is -2.42. The maximum atomic E-state index is 11.8. The van der Waals surface area contributed by atoms with E-state index in [4.69, 9.17) is 11.6 Å². The zero-order valence-corrected chi connectivity index (χ0v) is 12.3. The summed E-state index contributed by atoms with van der Waals surface area (Å²) in [6.45, 7) is 1.92. The van der Waals surface area contributed by atoms with E-state index >= 15 is 0 Å². The zero-order chi connectivity index (χ0) is 14.8. The number of nitrogens with one attached hydrogen (secondary N) is 2. The summed E-state index contributed by atoms with van der Waals surface area (Å²) in [5.41, 5.74) is 4.03. The van der Waals surface area contributed by atoms with Gasteiger partial charge in [0.05, 0.1) is 6.04 Å². The van der Waals surface area contributed by atoms with Crippen molar-refractivity contribution >= 4 is 23.2 Å². The number of halogens is 1. The van der Waals surface area contributed by atoms with Crippen LogP contribution in [0.1, 0.15) is 24.1 Å². The number of amides is 2. The molecule has 106 valence electrons. The molecule has 1 atom stereocenters. The summed E-state index contributed by atoms with van der Waals surface area (Å²) in [5.74, 6) is 0. The van der Waals surface area contributed by atoms with Crippen LogP contribution in [-0.2, 0) is 0 Å². The van der Waals surface area contributed by atoms with E-state index in [0.717, 1.165) is 22.4 Å². The fourth-order valence-electron chi connectivity index (χ4n) is 2.60. The van der Waals surface area contributed by atoms with Crippen LogP contribution in [0, 0.1) is 0 Å².